The van der Waals surface area contributed by atoms with Gasteiger partial charge < -0.3 is 11.1 Å². The number of aromatic nitrogens is 1. The van der Waals surface area contributed by atoms with Gasteiger partial charge in [-0.1, -0.05) is 24.2 Å². The fraction of sp³-hybridized carbons (Fsp3) is 0.727. The third-order valence-electron chi connectivity index (χ3n) is 3.53. The van der Waals surface area contributed by atoms with Gasteiger partial charge >= 0.3 is 0 Å². The Balaban J connectivity index is 2.15. The first kappa shape index (κ1) is 14.7. The normalized spacial score (nSPS) is 24.4. The van der Waals surface area contributed by atoms with Crippen LogP contribution in [0.25, 0.3) is 0 Å². The van der Waals surface area contributed by atoms with Crippen LogP contribution >= 0.6 is 11.3 Å². The maximum atomic E-state index is 11.4. The van der Waals surface area contributed by atoms with Crippen molar-refractivity contribution in [3.8, 4) is 0 Å². The van der Waals surface area contributed by atoms with Gasteiger partial charge in [0.25, 0.3) is 0 Å². The summed E-state index contributed by atoms with van der Waals surface area (Å²) < 4.78 is 22.9. The molecule has 1 aliphatic carbocycles. The highest BCUT2D eigenvalue weighted by atomic mass is 32.2. The Morgan fingerprint density at radius 1 is 1.42 bits per heavy atom. The molecule has 0 aromatic carbocycles. The average molecular weight is 304 g/mol. The fourth-order valence-electron chi connectivity index (χ4n) is 2.55. The molecule has 0 aliphatic heterocycles. The minimum Gasteiger partial charge on any atom is -0.358 e. The third kappa shape index (κ3) is 3.44. The van der Waals surface area contributed by atoms with Crippen LogP contribution in [-0.4, -0.2) is 26.0 Å². The standard InChI is InChI=1S/C11H20N4O2S2/c1-7-10(19(13,16)17)18-11(14-7)15-9-5-3-2-4-8(9)6-12/h8-9H,2-6,12H2,1H3,(H,14,15)(H2,13,16,17). The van der Waals surface area contributed by atoms with Crippen molar-refractivity contribution in [3.63, 3.8) is 0 Å². The van der Waals surface area contributed by atoms with E-state index in [9.17, 15) is 8.42 Å². The quantitative estimate of drug-likeness (QED) is 0.769. The number of aryl methyl sites for hydroxylation is 1. The average Bonchev–Trinajstić information content (AvgIpc) is 2.71. The van der Waals surface area contributed by atoms with E-state index in [1.54, 1.807) is 6.92 Å². The fourth-order valence-corrected chi connectivity index (χ4v) is 4.47. The van der Waals surface area contributed by atoms with Crippen molar-refractivity contribution in [1.29, 1.82) is 0 Å². The molecule has 1 heterocycles. The SMILES string of the molecule is Cc1nc(NC2CCCCC2CN)sc1S(N)(=O)=O. The number of nitrogens with two attached hydrogens (primary N) is 2. The van der Waals surface area contributed by atoms with Gasteiger partial charge in [-0.3, -0.25) is 0 Å². The van der Waals surface area contributed by atoms with Crippen LogP contribution in [0.4, 0.5) is 5.13 Å². The van der Waals surface area contributed by atoms with E-state index in [0.717, 1.165) is 24.2 Å². The highest BCUT2D eigenvalue weighted by molar-refractivity contribution is 7.91. The van der Waals surface area contributed by atoms with Crippen LogP contribution in [0.15, 0.2) is 4.21 Å². The minimum atomic E-state index is -3.68. The van der Waals surface area contributed by atoms with Crippen LogP contribution in [0.3, 0.4) is 0 Å². The van der Waals surface area contributed by atoms with Crippen LogP contribution in [0.5, 0.6) is 0 Å². The number of sulfonamides is 1. The van der Waals surface area contributed by atoms with Gasteiger partial charge in [-0.15, -0.1) is 0 Å². The molecule has 6 nitrogen and oxygen atoms in total. The third-order valence-corrected chi connectivity index (χ3v) is 6.18. The van der Waals surface area contributed by atoms with Gasteiger partial charge in [-0.05, 0) is 32.2 Å². The number of rotatable bonds is 4. The number of thiazole rings is 1. The first-order chi connectivity index (χ1) is 8.91. The van der Waals surface area contributed by atoms with E-state index in [1.165, 1.54) is 12.8 Å². The Morgan fingerprint density at radius 3 is 2.68 bits per heavy atom. The second-order valence-corrected chi connectivity index (χ2v) is 7.72. The molecule has 2 unspecified atom stereocenters. The zero-order valence-electron chi connectivity index (χ0n) is 10.9. The van der Waals surface area contributed by atoms with E-state index in [1.807, 2.05) is 0 Å². The van der Waals surface area contributed by atoms with Crippen LogP contribution < -0.4 is 16.2 Å². The minimum absolute atomic E-state index is 0.134. The molecule has 0 bridgehead atoms. The molecule has 0 amide bonds. The van der Waals surface area contributed by atoms with E-state index < -0.39 is 10.0 Å². The topological polar surface area (TPSA) is 111 Å². The number of nitrogens with zero attached hydrogens (tertiary/aromatic N) is 1. The molecule has 2 atom stereocenters. The molecule has 108 valence electrons. The summed E-state index contributed by atoms with van der Waals surface area (Å²) in [7, 11) is -3.68. The predicted molar refractivity (Wildman–Crippen MR) is 76.6 cm³/mol. The molecule has 19 heavy (non-hydrogen) atoms. The largest absolute Gasteiger partial charge is 0.358 e. The molecule has 1 aliphatic rings. The van der Waals surface area contributed by atoms with Gasteiger partial charge in [0.2, 0.25) is 10.0 Å². The highest BCUT2D eigenvalue weighted by Gasteiger charge is 2.26. The number of hydrogen-bond acceptors (Lipinski definition) is 6. The van der Waals surface area contributed by atoms with Crippen molar-refractivity contribution in [3.05, 3.63) is 5.69 Å². The van der Waals surface area contributed by atoms with Crippen molar-refractivity contribution in [2.24, 2.45) is 16.8 Å². The molecule has 0 saturated heterocycles. The van der Waals surface area contributed by atoms with Crippen LogP contribution in [0.1, 0.15) is 31.4 Å². The number of hydrogen-bond donors (Lipinski definition) is 3. The molecular weight excluding hydrogens is 284 g/mol. The van der Waals surface area contributed by atoms with E-state index in [0.29, 0.717) is 23.3 Å². The molecule has 8 heteroatoms. The lowest BCUT2D eigenvalue weighted by Crippen LogP contribution is -2.36. The lowest BCUT2D eigenvalue weighted by atomic mass is 9.85. The Hall–Kier alpha value is -0.700. The van der Waals surface area contributed by atoms with Crippen molar-refractivity contribution < 1.29 is 8.42 Å². The Kier molecular flexibility index (Phi) is 4.44. The van der Waals surface area contributed by atoms with Gasteiger partial charge in [0.05, 0.1) is 5.69 Å². The van der Waals surface area contributed by atoms with Gasteiger partial charge in [-0.25, -0.2) is 18.5 Å². The monoisotopic (exact) mass is 304 g/mol. The Morgan fingerprint density at radius 2 is 2.11 bits per heavy atom. The first-order valence-electron chi connectivity index (χ1n) is 6.38. The summed E-state index contributed by atoms with van der Waals surface area (Å²) >= 11 is 1.10. The molecule has 1 fully saturated rings. The molecular formula is C11H20N4O2S2. The van der Waals surface area contributed by atoms with E-state index >= 15 is 0 Å². The van der Waals surface area contributed by atoms with Gasteiger partial charge in [-0.2, -0.15) is 0 Å². The van der Waals surface area contributed by atoms with E-state index in [-0.39, 0.29) is 10.3 Å². The molecule has 1 saturated carbocycles. The molecule has 1 aromatic heterocycles. The van der Waals surface area contributed by atoms with Gasteiger partial charge in [0.15, 0.2) is 9.34 Å². The lowest BCUT2D eigenvalue weighted by Gasteiger charge is -2.31. The molecule has 2 rings (SSSR count). The molecule has 0 radical (unpaired) electrons. The summed E-state index contributed by atoms with van der Waals surface area (Å²) in [5.74, 6) is 0.427. The zero-order valence-corrected chi connectivity index (χ0v) is 12.6. The Bertz CT molecular complexity index is 541. The molecule has 5 N–H and O–H groups in total. The van der Waals surface area contributed by atoms with E-state index in [4.69, 9.17) is 10.9 Å². The second kappa shape index (κ2) is 5.74. The summed E-state index contributed by atoms with van der Waals surface area (Å²) in [5, 5.41) is 9.09. The van der Waals surface area contributed by atoms with Gasteiger partial charge in [0.1, 0.15) is 0 Å². The molecule has 1 aromatic rings. The van der Waals surface area contributed by atoms with Crippen LogP contribution in [0.2, 0.25) is 0 Å². The number of anilines is 1. The maximum absolute atomic E-state index is 11.4. The smallest absolute Gasteiger partial charge is 0.249 e. The summed E-state index contributed by atoms with van der Waals surface area (Å²) in [6.07, 6.45) is 4.53. The number of nitrogens with one attached hydrogen (secondary N) is 1. The summed E-state index contributed by atoms with van der Waals surface area (Å²) in [6, 6.07) is 0.276. The second-order valence-electron chi connectivity index (χ2n) is 4.97. The summed E-state index contributed by atoms with van der Waals surface area (Å²) in [4.78, 5) is 4.25. The van der Waals surface area contributed by atoms with Crippen molar-refractivity contribution in [2.75, 3.05) is 11.9 Å². The number of primary sulfonamides is 1. The summed E-state index contributed by atoms with van der Waals surface area (Å²) in [6.45, 7) is 2.30. The van der Waals surface area contributed by atoms with Crippen molar-refractivity contribution >= 4 is 26.5 Å². The molecule has 0 spiro atoms. The zero-order chi connectivity index (χ0) is 14.0. The van der Waals surface area contributed by atoms with Crippen LogP contribution in [-0.2, 0) is 10.0 Å². The van der Waals surface area contributed by atoms with E-state index in [2.05, 4.69) is 10.3 Å². The van der Waals surface area contributed by atoms with Crippen molar-refractivity contribution in [2.45, 2.75) is 42.9 Å². The van der Waals surface area contributed by atoms with Gasteiger partial charge in [0, 0.05) is 6.04 Å². The van der Waals surface area contributed by atoms with Crippen LogP contribution in [0, 0.1) is 12.8 Å². The highest BCUT2D eigenvalue weighted by Crippen LogP contribution is 2.31. The maximum Gasteiger partial charge on any atom is 0.249 e. The van der Waals surface area contributed by atoms with Crippen molar-refractivity contribution in [1.82, 2.24) is 4.98 Å². The lowest BCUT2D eigenvalue weighted by molar-refractivity contribution is 0.332. The predicted octanol–water partition coefficient (Wildman–Crippen LogP) is 1.03. The Labute approximate surface area is 117 Å². The summed E-state index contributed by atoms with van der Waals surface area (Å²) in [5.41, 5.74) is 6.23. The first-order valence-corrected chi connectivity index (χ1v) is 8.75.